The summed E-state index contributed by atoms with van der Waals surface area (Å²) in [6.45, 7) is 7.83. The Labute approximate surface area is 286 Å². The maximum absolute atomic E-state index is 12.6. The summed E-state index contributed by atoms with van der Waals surface area (Å²) in [4.78, 5) is 28.8. The molecule has 2 fully saturated rings. The van der Waals surface area contributed by atoms with Crippen LogP contribution in [0.4, 0.5) is 10.6 Å². The van der Waals surface area contributed by atoms with Crippen molar-refractivity contribution < 1.29 is 29.2 Å². The third-order valence-electron chi connectivity index (χ3n) is 8.98. The number of hydrogen-bond acceptors (Lipinski definition) is 11. The molecule has 13 heteroatoms. The van der Waals surface area contributed by atoms with Crippen molar-refractivity contribution in [3.63, 3.8) is 0 Å². The zero-order chi connectivity index (χ0) is 34.5. The highest BCUT2D eigenvalue weighted by atomic mass is 16.6. The van der Waals surface area contributed by atoms with Crippen LogP contribution in [0.15, 0.2) is 67.0 Å². The number of nitrogens with one attached hydrogen (secondary N) is 2. The molecule has 4 unspecified atom stereocenters. The number of likely N-dealkylation sites (tertiary alicyclic amines) is 1. The second-order valence-electron chi connectivity index (χ2n) is 13.7. The molecule has 2 aliphatic rings. The monoisotopic (exact) mass is 673 g/mol. The summed E-state index contributed by atoms with van der Waals surface area (Å²) in [7, 11) is 1.52. The second kappa shape index (κ2) is 15.2. The van der Waals surface area contributed by atoms with Crippen molar-refractivity contribution in [2.75, 3.05) is 38.7 Å². The number of fused-ring (bicyclic) bond motifs is 1. The first-order chi connectivity index (χ1) is 23.6. The first-order valence-corrected chi connectivity index (χ1v) is 16.9. The van der Waals surface area contributed by atoms with Gasteiger partial charge in [0.1, 0.15) is 29.7 Å². The van der Waals surface area contributed by atoms with E-state index in [4.69, 9.17) is 24.2 Å². The van der Waals surface area contributed by atoms with Gasteiger partial charge in [0, 0.05) is 38.7 Å². The summed E-state index contributed by atoms with van der Waals surface area (Å²) in [6, 6.07) is 20.8. The van der Waals surface area contributed by atoms with Crippen molar-refractivity contribution in [3.05, 3.63) is 83.9 Å². The zero-order valence-electron chi connectivity index (χ0n) is 28.5. The topological polar surface area (TPSA) is 156 Å². The number of piperidine rings is 1. The van der Waals surface area contributed by atoms with Gasteiger partial charge in [-0.25, -0.2) is 19.7 Å². The number of carbonyl (C=O) groups is 1. The number of carbonyl (C=O) groups excluding carboxylic acids is 1. The van der Waals surface area contributed by atoms with E-state index in [1.165, 1.54) is 7.11 Å². The number of ether oxygens (including phenoxy) is 3. The number of hydrogen-bond donors (Lipinski definition) is 4. The lowest BCUT2D eigenvalue weighted by molar-refractivity contribution is -0.0580. The maximum Gasteiger partial charge on any atom is 0.410 e. The summed E-state index contributed by atoms with van der Waals surface area (Å²) >= 11 is 0. The Bertz CT molecular complexity index is 1630. The molecule has 1 amide bonds. The highest BCUT2D eigenvalue weighted by molar-refractivity contribution is 5.83. The summed E-state index contributed by atoms with van der Waals surface area (Å²) in [6.07, 6.45) is -1.15. The Morgan fingerprint density at radius 2 is 1.65 bits per heavy atom. The lowest BCUT2D eigenvalue weighted by Gasteiger charge is -2.33. The third-order valence-corrected chi connectivity index (χ3v) is 8.98. The van der Waals surface area contributed by atoms with Crippen molar-refractivity contribution in [3.8, 4) is 0 Å². The molecule has 2 aromatic carbocycles. The minimum absolute atomic E-state index is 0.0381. The fraction of sp³-hybridized carbons (Fsp3) is 0.500. The quantitative estimate of drug-likeness (QED) is 0.184. The Hall–Kier alpha value is -4.14. The summed E-state index contributed by atoms with van der Waals surface area (Å²) in [5.41, 5.74) is 2.79. The minimum atomic E-state index is -1.21. The molecule has 6 rings (SSSR count). The molecule has 262 valence electrons. The molecule has 0 saturated carbocycles. The molecule has 4 aromatic rings. The fourth-order valence-electron chi connectivity index (χ4n) is 6.44. The highest BCUT2D eigenvalue weighted by Crippen LogP contribution is 2.33. The largest absolute Gasteiger partial charge is 0.444 e. The lowest BCUT2D eigenvalue weighted by atomic mass is 9.91. The predicted octanol–water partition coefficient (Wildman–Crippen LogP) is 3.83. The van der Waals surface area contributed by atoms with Gasteiger partial charge in [-0.2, -0.15) is 0 Å². The number of nitrogens with zero attached hydrogens (tertiary/aromatic N) is 5. The van der Waals surface area contributed by atoms with E-state index in [0.717, 1.165) is 24.0 Å². The Morgan fingerprint density at radius 3 is 2.27 bits per heavy atom. The molecule has 2 aromatic heterocycles. The molecule has 49 heavy (non-hydrogen) atoms. The van der Waals surface area contributed by atoms with Gasteiger partial charge < -0.3 is 40.0 Å². The number of rotatable bonds is 11. The molecule has 0 spiro atoms. The number of aliphatic hydroxyl groups is 2. The van der Waals surface area contributed by atoms with Crippen LogP contribution in [0.25, 0.3) is 11.2 Å². The Morgan fingerprint density at radius 1 is 1.00 bits per heavy atom. The molecule has 0 aliphatic carbocycles. The van der Waals surface area contributed by atoms with Crippen LogP contribution >= 0.6 is 0 Å². The van der Waals surface area contributed by atoms with E-state index in [0.29, 0.717) is 49.0 Å². The fourth-order valence-corrected chi connectivity index (χ4v) is 6.44. The van der Waals surface area contributed by atoms with Crippen LogP contribution in [0.2, 0.25) is 0 Å². The average molecular weight is 674 g/mol. The summed E-state index contributed by atoms with van der Waals surface area (Å²) < 4.78 is 18.5. The van der Waals surface area contributed by atoms with Crippen LogP contribution in [0.1, 0.15) is 62.7 Å². The summed E-state index contributed by atoms with van der Waals surface area (Å²) in [5.74, 6) is 1.12. The molecular formula is C36H47N7O6. The van der Waals surface area contributed by atoms with Gasteiger partial charge in [-0.3, -0.25) is 4.57 Å². The molecule has 4 atom stereocenters. The van der Waals surface area contributed by atoms with E-state index in [2.05, 4.69) is 39.9 Å². The van der Waals surface area contributed by atoms with Crippen molar-refractivity contribution in [1.82, 2.24) is 29.7 Å². The standard InChI is InChI=1S/C36H47N7O6/c1-36(2,3)49-35(46)42-17-15-25(16-18-42)37-20-28-40-32(38-19-26(23-11-7-5-8-12-23)24-13-9-6-10-14-24)29-33(41-28)43(22-39-29)34-31(45)30(44)27(48-34)21-47-4/h5-14,22,25-27,30-31,34,37,44-45H,15-21H2,1-4H3,(H,38,40,41). The van der Waals surface area contributed by atoms with Crippen LogP contribution in [0.3, 0.4) is 0 Å². The van der Waals surface area contributed by atoms with Crippen molar-refractivity contribution in [1.29, 1.82) is 0 Å². The summed E-state index contributed by atoms with van der Waals surface area (Å²) in [5, 5.41) is 28.8. The van der Waals surface area contributed by atoms with E-state index in [1.807, 2.05) is 57.2 Å². The number of amides is 1. The SMILES string of the molecule is COCC1OC(n2cnc3c(NCC(c4ccccc4)c4ccccc4)nc(CNC4CCN(C(=O)OC(C)(C)C)CC4)nc32)C(O)C1O. The van der Waals surface area contributed by atoms with Crippen LogP contribution in [-0.2, 0) is 20.8 Å². The maximum atomic E-state index is 12.6. The number of benzene rings is 2. The van der Waals surface area contributed by atoms with Crippen molar-refractivity contribution in [2.24, 2.45) is 0 Å². The van der Waals surface area contributed by atoms with Crippen LogP contribution < -0.4 is 10.6 Å². The van der Waals surface area contributed by atoms with Gasteiger partial charge in [-0.15, -0.1) is 0 Å². The van der Waals surface area contributed by atoms with Gasteiger partial charge in [0.2, 0.25) is 0 Å². The van der Waals surface area contributed by atoms with Crippen LogP contribution in [-0.4, -0.2) is 104 Å². The van der Waals surface area contributed by atoms with E-state index in [1.54, 1.807) is 15.8 Å². The van der Waals surface area contributed by atoms with E-state index < -0.39 is 30.1 Å². The molecule has 4 heterocycles. The van der Waals surface area contributed by atoms with Crippen molar-refractivity contribution >= 4 is 23.1 Å². The van der Waals surface area contributed by atoms with Gasteiger partial charge in [0.25, 0.3) is 0 Å². The minimum Gasteiger partial charge on any atom is -0.444 e. The smallest absolute Gasteiger partial charge is 0.410 e. The van der Waals surface area contributed by atoms with Crippen LogP contribution in [0.5, 0.6) is 0 Å². The molecule has 0 bridgehead atoms. The molecule has 2 aliphatic heterocycles. The van der Waals surface area contributed by atoms with E-state index in [9.17, 15) is 15.0 Å². The second-order valence-corrected chi connectivity index (χ2v) is 13.7. The first kappa shape index (κ1) is 34.7. The number of anilines is 1. The Balaban J connectivity index is 1.25. The predicted molar refractivity (Wildman–Crippen MR) is 184 cm³/mol. The number of methoxy groups -OCH3 is 1. The highest BCUT2D eigenvalue weighted by Gasteiger charge is 2.44. The van der Waals surface area contributed by atoms with Gasteiger partial charge in [0.15, 0.2) is 23.2 Å². The molecule has 4 N–H and O–H groups in total. The van der Waals surface area contributed by atoms with Gasteiger partial charge in [-0.05, 0) is 44.7 Å². The zero-order valence-corrected chi connectivity index (χ0v) is 28.5. The number of imidazole rings is 1. The number of aliphatic hydroxyl groups excluding tert-OH is 2. The normalized spacial score (nSPS) is 21.8. The average Bonchev–Trinajstić information content (AvgIpc) is 3.64. The Kier molecular flexibility index (Phi) is 10.8. The van der Waals surface area contributed by atoms with Crippen LogP contribution in [0, 0.1) is 0 Å². The van der Waals surface area contributed by atoms with Gasteiger partial charge >= 0.3 is 6.09 Å². The van der Waals surface area contributed by atoms with E-state index in [-0.39, 0.29) is 24.7 Å². The lowest BCUT2D eigenvalue weighted by Crippen LogP contribution is -2.46. The molecule has 2 saturated heterocycles. The molecule has 13 nitrogen and oxygen atoms in total. The van der Waals surface area contributed by atoms with Gasteiger partial charge in [0.05, 0.1) is 19.5 Å². The first-order valence-electron chi connectivity index (χ1n) is 16.9. The molecule has 0 radical (unpaired) electrons. The number of aromatic nitrogens is 4. The van der Waals surface area contributed by atoms with E-state index >= 15 is 0 Å². The third kappa shape index (κ3) is 8.19. The van der Waals surface area contributed by atoms with Gasteiger partial charge in [-0.1, -0.05) is 60.7 Å². The molecular weight excluding hydrogens is 626 g/mol. The van der Waals surface area contributed by atoms with Crippen molar-refractivity contribution in [2.45, 2.75) is 82.3 Å².